The smallest absolute Gasteiger partial charge is 0.414 e. The Labute approximate surface area is 108 Å². The monoisotopic (exact) mass is 248 g/mol. The molecule has 1 fully saturated rings. The maximum Gasteiger partial charge on any atom is 0.414 e. The van der Waals surface area contributed by atoms with Gasteiger partial charge in [0.15, 0.2) is 0 Å². The van der Waals surface area contributed by atoms with E-state index in [1.807, 2.05) is 19.1 Å². The van der Waals surface area contributed by atoms with E-state index in [0.29, 0.717) is 12.2 Å². The second-order valence-corrected chi connectivity index (χ2v) is 4.63. The Balaban J connectivity index is 2.02. The van der Waals surface area contributed by atoms with Crippen molar-refractivity contribution < 1.29 is 9.53 Å². The normalized spacial score (nSPS) is 15.6. The van der Waals surface area contributed by atoms with Crippen LogP contribution in [0.4, 0.5) is 16.2 Å². The van der Waals surface area contributed by atoms with E-state index in [1.165, 1.54) is 0 Å². The van der Waals surface area contributed by atoms with Crippen LogP contribution in [-0.4, -0.2) is 18.7 Å². The minimum atomic E-state index is -0.255. The van der Waals surface area contributed by atoms with E-state index in [-0.39, 0.29) is 12.2 Å². The van der Waals surface area contributed by atoms with Gasteiger partial charge in [0.05, 0.1) is 0 Å². The second-order valence-electron chi connectivity index (χ2n) is 4.63. The quantitative estimate of drug-likeness (QED) is 0.836. The molecule has 1 amide bonds. The van der Waals surface area contributed by atoms with Crippen LogP contribution < -0.4 is 10.6 Å². The first-order valence-corrected chi connectivity index (χ1v) is 6.54. The predicted molar refractivity (Wildman–Crippen MR) is 72.6 cm³/mol. The Kier molecular flexibility index (Phi) is 4.07. The fraction of sp³-hybridized carbons (Fsp3) is 0.500. The number of carbonyl (C=O) groups is 1. The largest absolute Gasteiger partial charge is 0.446 e. The molecular weight excluding hydrogens is 228 g/mol. The van der Waals surface area contributed by atoms with Crippen LogP contribution in [0.25, 0.3) is 0 Å². The van der Waals surface area contributed by atoms with Crippen LogP contribution in [0, 0.1) is 0 Å². The van der Waals surface area contributed by atoms with Crippen molar-refractivity contribution in [1.29, 1.82) is 0 Å². The summed E-state index contributed by atoms with van der Waals surface area (Å²) in [7, 11) is 0. The molecule has 0 unspecified atom stereocenters. The third-order valence-electron chi connectivity index (χ3n) is 3.31. The third-order valence-corrected chi connectivity index (χ3v) is 3.31. The molecule has 0 aromatic heterocycles. The first kappa shape index (κ1) is 12.7. The molecular formula is C14H20N2O2. The summed E-state index contributed by atoms with van der Waals surface area (Å²) >= 11 is 0. The summed E-state index contributed by atoms with van der Waals surface area (Å²) in [5.41, 5.74) is 7.16. The second kappa shape index (κ2) is 5.76. The number of nitrogens with two attached hydrogens (primary N) is 1. The number of nitrogen functional groups attached to an aromatic ring is 1. The lowest BCUT2D eigenvalue weighted by molar-refractivity contribution is 0.108. The third kappa shape index (κ3) is 2.94. The average molecular weight is 248 g/mol. The van der Waals surface area contributed by atoms with Gasteiger partial charge in [0.2, 0.25) is 0 Å². The number of rotatable bonds is 3. The molecule has 1 saturated carbocycles. The van der Waals surface area contributed by atoms with Crippen molar-refractivity contribution in [2.75, 3.05) is 17.2 Å². The number of amides is 1. The van der Waals surface area contributed by atoms with Gasteiger partial charge in [0.25, 0.3) is 0 Å². The van der Waals surface area contributed by atoms with Crippen molar-refractivity contribution in [1.82, 2.24) is 0 Å². The number of nitrogens with zero attached hydrogens (tertiary/aromatic N) is 1. The lowest BCUT2D eigenvalue weighted by atomic mass is 10.2. The topological polar surface area (TPSA) is 55.6 Å². The van der Waals surface area contributed by atoms with Gasteiger partial charge in [0, 0.05) is 17.9 Å². The molecule has 0 spiro atoms. The van der Waals surface area contributed by atoms with Gasteiger partial charge in [-0.15, -0.1) is 0 Å². The van der Waals surface area contributed by atoms with Crippen LogP contribution in [0.15, 0.2) is 24.3 Å². The number of ether oxygens (including phenoxy) is 1. The van der Waals surface area contributed by atoms with Crippen LogP contribution >= 0.6 is 0 Å². The van der Waals surface area contributed by atoms with Crippen molar-refractivity contribution >= 4 is 17.5 Å². The number of hydrogen-bond donors (Lipinski definition) is 1. The number of carbonyl (C=O) groups excluding carboxylic acids is 1. The zero-order chi connectivity index (χ0) is 13.0. The minimum absolute atomic E-state index is 0.0975. The highest BCUT2D eigenvalue weighted by Gasteiger charge is 2.23. The Morgan fingerprint density at radius 3 is 2.50 bits per heavy atom. The van der Waals surface area contributed by atoms with Crippen LogP contribution in [0.1, 0.15) is 32.6 Å². The van der Waals surface area contributed by atoms with Crippen molar-refractivity contribution in [3.8, 4) is 0 Å². The Morgan fingerprint density at radius 2 is 1.94 bits per heavy atom. The molecule has 4 heteroatoms. The highest BCUT2D eigenvalue weighted by Crippen LogP contribution is 2.23. The molecule has 4 nitrogen and oxygen atoms in total. The van der Waals surface area contributed by atoms with Crippen molar-refractivity contribution in [3.63, 3.8) is 0 Å². The summed E-state index contributed by atoms with van der Waals surface area (Å²) in [5.74, 6) is 0. The Morgan fingerprint density at radius 1 is 1.33 bits per heavy atom. The molecule has 1 aromatic carbocycles. The molecule has 0 saturated heterocycles. The van der Waals surface area contributed by atoms with E-state index in [2.05, 4.69) is 0 Å². The maximum atomic E-state index is 12.1. The van der Waals surface area contributed by atoms with E-state index >= 15 is 0 Å². The molecule has 1 aromatic rings. The van der Waals surface area contributed by atoms with Crippen LogP contribution in [-0.2, 0) is 4.74 Å². The highest BCUT2D eigenvalue weighted by molar-refractivity contribution is 5.87. The molecule has 18 heavy (non-hydrogen) atoms. The summed E-state index contributed by atoms with van der Waals surface area (Å²) in [6.07, 6.45) is 4.14. The zero-order valence-electron chi connectivity index (χ0n) is 10.8. The van der Waals surface area contributed by atoms with E-state index in [1.54, 1.807) is 17.0 Å². The maximum absolute atomic E-state index is 12.1. The van der Waals surface area contributed by atoms with Gasteiger partial charge in [-0.05, 0) is 56.9 Å². The summed E-state index contributed by atoms with van der Waals surface area (Å²) in [6.45, 7) is 2.53. The van der Waals surface area contributed by atoms with Gasteiger partial charge < -0.3 is 10.5 Å². The summed E-state index contributed by atoms with van der Waals surface area (Å²) in [5, 5.41) is 0. The Hall–Kier alpha value is -1.71. The molecule has 0 bridgehead atoms. The first-order chi connectivity index (χ1) is 8.70. The van der Waals surface area contributed by atoms with Gasteiger partial charge in [-0.1, -0.05) is 0 Å². The molecule has 1 aliphatic carbocycles. The lowest BCUT2D eigenvalue weighted by Crippen LogP contribution is -2.33. The number of hydrogen-bond acceptors (Lipinski definition) is 3. The molecule has 2 N–H and O–H groups in total. The van der Waals surface area contributed by atoms with Gasteiger partial charge in [-0.25, -0.2) is 4.79 Å². The molecule has 0 aliphatic heterocycles. The number of anilines is 2. The van der Waals surface area contributed by atoms with E-state index < -0.39 is 0 Å². The van der Waals surface area contributed by atoms with E-state index in [4.69, 9.17) is 10.5 Å². The molecule has 2 rings (SSSR count). The van der Waals surface area contributed by atoms with Crippen molar-refractivity contribution in [3.05, 3.63) is 24.3 Å². The fourth-order valence-electron chi connectivity index (χ4n) is 2.28. The summed E-state index contributed by atoms with van der Waals surface area (Å²) < 4.78 is 5.50. The summed E-state index contributed by atoms with van der Waals surface area (Å²) in [4.78, 5) is 13.7. The van der Waals surface area contributed by atoms with Crippen molar-refractivity contribution in [2.24, 2.45) is 0 Å². The summed E-state index contributed by atoms with van der Waals surface area (Å²) in [6, 6.07) is 7.27. The van der Waals surface area contributed by atoms with E-state index in [0.717, 1.165) is 31.4 Å². The molecule has 0 radical (unpaired) electrons. The van der Waals surface area contributed by atoms with Gasteiger partial charge in [0.1, 0.15) is 6.10 Å². The van der Waals surface area contributed by atoms with Gasteiger partial charge in [-0.2, -0.15) is 0 Å². The van der Waals surface area contributed by atoms with Crippen molar-refractivity contribution in [2.45, 2.75) is 38.7 Å². The first-order valence-electron chi connectivity index (χ1n) is 6.54. The van der Waals surface area contributed by atoms with Crippen LogP contribution in [0.3, 0.4) is 0 Å². The SMILES string of the molecule is CCN(C(=O)OC1CCCC1)c1ccc(N)cc1. The van der Waals surface area contributed by atoms with E-state index in [9.17, 15) is 4.79 Å². The average Bonchev–Trinajstić information content (AvgIpc) is 2.85. The molecule has 0 heterocycles. The zero-order valence-corrected chi connectivity index (χ0v) is 10.8. The molecule has 0 atom stereocenters. The van der Waals surface area contributed by atoms with Gasteiger partial charge in [-0.3, -0.25) is 4.90 Å². The fourth-order valence-corrected chi connectivity index (χ4v) is 2.28. The standard InChI is InChI=1S/C14H20N2O2/c1-2-16(12-9-7-11(15)8-10-12)14(17)18-13-5-3-4-6-13/h7-10,13H,2-6,15H2,1H3. The number of benzene rings is 1. The van der Waals surface area contributed by atoms with Crippen LogP contribution in [0.5, 0.6) is 0 Å². The lowest BCUT2D eigenvalue weighted by Gasteiger charge is -2.22. The molecule has 98 valence electrons. The van der Waals surface area contributed by atoms with Crippen LogP contribution in [0.2, 0.25) is 0 Å². The Bertz CT molecular complexity index is 397. The highest BCUT2D eigenvalue weighted by atomic mass is 16.6. The minimum Gasteiger partial charge on any atom is -0.446 e. The predicted octanol–water partition coefficient (Wildman–Crippen LogP) is 3.17. The van der Waals surface area contributed by atoms with Gasteiger partial charge >= 0.3 is 6.09 Å². The molecule has 1 aliphatic rings.